The number of rotatable bonds is 3. The number of hydrogen-bond acceptors (Lipinski definition) is 4. The Morgan fingerprint density at radius 1 is 1.39 bits per heavy atom. The summed E-state index contributed by atoms with van der Waals surface area (Å²) < 4.78 is 0. The van der Waals surface area contributed by atoms with Crippen LogP contribution in [0, 0.1) is 10.1 Å². The Bertz CT molecular complexity index is 426. The molecule has 1 aliphatic heterocycles. The maximum Gasteiger partial charge on any atom is 0.284 e. The summed E-state index contributed by atoms with van der Waals surface area (Å²) in [5, 5.41) is 15.1. The van der Waals surface area contributed by atoms with Gasteiger partial charge < -0.3 is 5.32 Å². The third-order valence-corrected chi connectivity index (χ3v) is 4.34. The highest BCUT2D eigenvalue weighted by Gasteiger charge is 2.20. The van der Waals surface area contributed by atoms with Crippen LogP contribution in [0.15, 0.2) is 23.1 Å². The van der Waals surface area contributed by atoms with Crippen LogP contribution in [0.2, 0.25) is 5.02 Å². The van der Waals surface area contributed by atoms with E-state index in [1.807, 2.05) is 0 Å². The first kappa shape index (κ1) is 15.6. The van der Waals surface area contributed by atoms with Gasteiger partial charge in [0.25, 0.3) is 5.69 Å². The zero-order valence-corrected chi connectivity index (χ0v) is 12.0. The van der Waals surface area contributed by atoms with Crippen LogP contribution in [0.1, 0.15) is 12.8 Å². The molecule has 0 radical (unpaired) electrons. The van der Waals surface area contributed by atoms with Crippen molar-refractivity contribution in [1.29, 1.82) is 0 Å². The van der Waals surface area contributed by atoms with Gasteiger partial charge in [-0.25, -0.2) is 0 Å². The van der Waals surface area contributed by atoms with E-state index in [2.05, 4.69) is 5.32 Å². The van der Waals surface area contributed by atoms with Crippen LogP contribution in [-0.4, -0.2) is 23.3 Å². The van der Waals surface area contributed by atoms with Crippen LogP contribution in [0.5, 0.6) is 0 Å². The quantitative estimate of drug-likeness (QED) is 0.685. The fourth-order valence-corrected chi connectivity index (χ4v) is 3.22. The second-order valence-electron chi connectivity index (χ2n) is 3.94. The summed E-state index contributed by atoms with van der Waals surface area (Å²) >= 11 is 7.37. The molecule has 0 aromatic heterocycles. The summed E-state index contributed by atoms with van der Waals surface area (Å²) in [5.74, 6) is 0. The lowest BCUT2D eigenvalue weighted by molar-refractivity contribution is -0.387. The normalized spacial score (nSPS) is 16.1. The van der Waals surface area contributed by atoms with E-state index < -0.39 is 0 Å². The second kappa shape index (κ2) is 7.19. The highest BCUT2D eigenvalue weighted by atomic mass is 35.5. The van der Waals surface area contributed by atoms with Crippen molar-refractivity contribution >= 4 is 41.5 Å². The minimum absolute atomic E-state index is 0. The van der Waals surface area contributed by atoms with E-state index in [9.17, 15) is 10.1 Å². The molecule has 1 aromatic rings. The lowest BCUT2D eigenvalue weighted by Gasteiger charge is -2.21. The molecule has 0 unspecified atom stereocenters. The number of thioether (sulfide) groups is 1. The number of nitrogens with zero attached hydrogens (tertiary/aromatic N) is 1. The van der Waals surface area contributed by atoms with Crippen LogP contribution >= 0.6 is 35.8 Å². The van der Waals surface area contributed by atoms with Gasteiger partial charge in [-0.15, -0.1) is 24.2 Å². The molecule has 0 amide bonds. The maximum atomic E-state index is 10.9. The summed E-state index contributed by atoms with van der Waals surface area (Å²) in [6, 6.07) is 4.87. The third-order valence-electron chi connectivity index (χ3n) is 2.70. The molecule has 0 atom stereocenters. The number of nitro groups is 1. The fraction of sp³-hybridized carbons (Fsp3) is 0.455. The van der Waals surface area contributed by atoms with Gasteiger partial charge in [0.15, 0.2) is 0 Å². The van der Waals surface area contributed by atoms with Gasteiger partial charge in [0.1, 0.15) is 0 Å². The molecule has 2 rings (SSSR count). The van der Waals surface area contributed by atoms with Gasteiger partial charge in [0.05, 0.1) is 9.82 Å². The number of benzene rings is 1. The SMILES string of the molecule is Cl.O=[N+]([O-])c1cc(Cl)ccc1SC1CCNCC1. The van der Waals surface area contributed by atoms with Gasteiger partial charge in [0.2, 0.25) is 0 Å². The van der Waals surface area contributed by atoms with Crippen molar-refractivity contribution in [1.82, 2.24) is 5.32 Å². The predicted molar refractivity (Wildman–Crippen MR) is 77.1 cm³/mol. The molecule has 1 aromatic carbocycles. The lowest BCUT2D eigenvalue weighted by atomic mass is 10.2. The second-order valence-corrected chi connectivity index (χ2v) is 5.71. The summed E-state index contributed by atoms with van der Waals surface area (Å²) in [6.07, 6.45) is 2.09. The minimum atomic E-state index is -0.366. The van der Waals surface area contributed by atoms with Crippen molar-refractivity contribution in [3.05, 3.63) is 33.3 Å². The van der Waals surface area contributed by atoms with Crippen LogP contribution < -0.4 is 5.32 Å². The molecule has 0 aliphatic carbocycles. The highest BCUT2D eigenvalue weighted by Crippen LogP contribution is 2.36. The number of halogens is 2. The Labute approximate surface area is 121 Å². The van der Waals surface area contributed by atoms with Crippen molar-refractivity contribution in [2.45, 2.75) is 23.0 Å². The average Bonchev–Trinajstić information content (AvgIpc) is 2.32. The third kappa shape index (κ3) is 4.02. The summed E-state index contributed by atoms with van der Waals surface area (Å²) in [7, 11) is 0. The van der Waals surface area contributed by atoms with Gasteiger partial charge in [0, 0.05) is 16.3 Å². The van der Waals surface area contributed by atoms with E-state index in [4.69, 9.17) is 11.6 Å². The predicted octanol–water partition coefficient (Wildman–Crippen LogP) is 3.51. The summed E-state index contributed by atoms with van der Waals surface area (Å²) in [5.41, 5.74) is 0.112. The van der Waals surface area contributed by atoms with Gasteiger partial charge in [-0.3, -0.25) is 10.1 Å². The first-order chi connectivity index (χ1) is 8.16. The molecule has 0 spiro atoms. The van der Waals surface area contributed by atoms with Gasteiger partial charge in [-0.2, -0.15) is 0 Å². The van der Waals surface area contributed by atoms with E-state index in [0.29, 0.717) is 15.2 Å². The Balaban J connectivity index is 0.00000162. The van der Waals surface area contributed by atoms with Gasteiger partial charge in [-0.05, 0) is 38.1 Å². The van der Waals surface area contributed by atoms with E-state index >= 15 is 0 Å². The number of piperidine rings is 1. The van der Waals surface area contributed by atoms with Crippen molar-refractivity contribution < 1.29 is 4.92 Å². The molecule has 0 saturated carbocycles. The molecule has 1 fully saturated rings. The van der Waals surface area contributed by atoms with Crippen molar-refractivity contribution in [2.75, 3.05) is 13.1 Å². The summed E-state index contributed by atoms with van der Waals surface area (Å²) in [4.78, 5) is 11.3. The molecule has 1 N–H and O–H groups in total. The average molecular weight is 309 g/mol. The number of nitro benzene ring substituents is 1. The van der Waals surface area contributed by atoms with Gasteiger partial charge >= 0.3 is 0 Å². The van der Waals surface area contributed by atoms with Crippen molar-refractivity contribution in [3.63, 3.8) is 0 Å². The first-order valence-corrected chi connectivity index (χ1v) is 6.74. The van der Waals surface area contributed by atoms with Crippen molar-refractivity contribution in [3.8, 4) is 0 Å². The molecule has 0 bridgehead atoms. The maximum absolute atomic E-state index is 10.9. The zero-order chi connectivity index (χ0) is 12.3. The Hall–Kier alpha value is -0.490. The van der Waals surface area contributed by atoms with Crippen LogP contribution in [0.3, 0.4) is 0 Å². The minimum Gasteiger partial charge on any atom is -0.317 e. The Morgan fingerprint density at radius 3 is 2.67 bits per heavy atom. The standard InChI is InChI=1S/C11H13ClN2O2S.ClH/c12-8-1-2-11(10(7-8)14(15)16)17-9-3-5-13-6-4-9;/h1-2,7,9,13H,3-6H2;1H. The smallest absolute Gasteiger partial charge is 0.284 e. The van der Waals surface area contributed by atoms with Crippen LogP contribution in [-0.2, 0) is 0 Å². The Kier molecular flexibility index (Phi) is 6.21. The van der Waals surface area contributed by atoms with E-state index in [0.717, 1.165) is 25.9 Å². The van der Waals surface area contributed by atoms with E-state index in [1.165, 1.54) is 6.07 Å². The summed E-state index contributed by atoms with van der Waals surface area (Å²) in [6.45, 7) is 1.97. The topological polar surface area (TPSA) is 55.2 Å². The molecule has 4 nitrogen and oxygen atoms in total. The van der Waals surface area contributed by atoms with Crippen molar-refractivity contribution in [2.24, 2.45) is 0 Å². The van der Waals surface area contributed by atoms with Crippen LogP contribution in [0.25, 0.3) is 0 Å². The monoisotopic (exact) mass is 308 g/mol. The molecule has 7 heteroatoms. The van der Waals surface area contributed by atoms with E-state index in [-0.39, 0.29) is 23.0 Å². The molecule has 1 aliphatic rings. The Morgan fingerprint density at radius 2 is 2.06 bits per heavy atom. The van der Waals surface area contributed by atoms with Crippen LogP contribution in [0.4, 0.5) is 5.69 Å². The molecule has 1 heterocycles. The molecule has 18 heavy (non-hydrogen) atoms. The first-order valence-electron chi connectivity index (χ1n) is 5.48. The molecular formula is C11H14Cl2N2O2S. The van der Waals surface area contributed by atoms with Gasteiger partial charge in [-0.1, -0.05) is 11.6 Å². The fourth-order valence-electron chi connectivity index (χ4n) is 1.83. The highest BCUT2D eigenvalue weighted by molar-refractivity contribution is 8.00. The number of nitrogens with one attached hydrogen (secondary N) is 1. The van der Waals surface area contributed by atoms with E-state index in [1.54, 1.807) is 23.9 Å². The number of hydrogen-bond donors (Lipinski definition) is 1. The lowest BCUT2D eigenvalue weighted by Crippen LogP contribution is -2.29. The molecule has 1 saturated heterocycles. The molecule has 100 valence electrons. The molecular weight excluding hydrogens is 295 g/mol. The zero-order valence-electron chi connectivity index (χ0n) is 9.60. The largest absolute Gasteiger partial charge is 0.317 e.